The highest BCUT2D eigenvalue weighted by Gasteiger charge is 2.11. The molecule has 0 spiro atoms. The maximum atomic E-state index is 12.6. The van der Waals surface area contributed by atoms with Crippen molar-refractivity contribution < 1.29 is 9.47 Å². The van der Waals surface area contributed by atoms with Gasteiger partial charge in [-0.1, -0.05) is 30.3 Å². The van der Waals surface area contributed by atoms with Gasteiger partial charge in [0, 0.05) is 16.6 Å². The molecule has 0 atom stereocenters. The number of anilines is 1. The average Bonchev–Trinajstić information content (AvgIpc) is 3.20. The Hall–Kier alpha value is -3.32. The SMILES string of the molecule is CCOc1ccc(NCc2nc3sc(-c4ccccc4)cc3c(=O)[nH]2)cc1OCC. The van der Waals surface area contributed by atoms with Crippen LogP contribution < -0.4 is 20.3 Å². The van der Waals surface area contributed by atoms with Gasteiger partial charge >= 0.3 is 0 Å². The van der Waals surface area contributed by atoms with Crippen LogP contribution in [-0.2, 0) is 6.54 Å². The lowest BCUT2D eigenvalue weighted by molar-refractivity contribution is 0.288. The minimum atomic E-state index is -0.128. The van der Waals surface area contributed by atoms with Crippen molar-refractivity contribution in [3.8, 4) is 21.9 Å². The summed E-state index contributed by atoms with van der Waals surface area (Å²) in [5, 5.41) is 3.91. The van der Waals surface area contributed by atoms with Crippen molar-refractivity contribution in [3.63, 3.8) is 0 Å². The van der Waals surface area contributed by atoms with E-state index in [1.807, 2.05) is 68.4 Å². The fourth-order valence-corrected chi connectivity index (χ4v) is 4.21. The van der Waals surface area contributed by atoms with E-state index in [-0.39, 0.29) is 5.56 Å². The van der Waals surface area contributed by atoms with Crippen LogP contribution in [0.25, 0.3) is 20.7 Å². The zero-order valence-corrected chi connectivity index (χ0v) is 17.7. The van der Waals surface area contributed by atoms with Crippen LogP contribution in [0.5, 0.6) is 11.5 Å². The van der Waals surface area contributed by atoms with Crippen LogP contribution >= 0.6 is 11.3 Å². The Bertz CT molecular complexity index is 1200. The molecule has 0 aliphatic carbocycles. The van der Waals surface area contributed by atoms with Crippen LogP contribution in [0.3, 0.4) is 0 Å². The number of benzene rings is 2. The summed E-state index contributed by atoms with van der Waals surface area (Å²) < 4.78 is 11.3. The fraction of sp³-hybridized carbons (Fsp3) is 0.217. The molecular weight excluding hydrogens is 398 g/mol. The van der Waals surface area contributed by atoms with Crippen molar-refractivity contribution >= 4 is 27.2 Å². The number of fused-ring (bicyclic) bond motifs is 1. The van der Waals surface area contributed by atoms with Gasteiger partial charge in [-0.15, -0.1) is 11.3 Å². The fourth-order valence-electron chi connectivity index (χ4n) is 3.15. The van der Waals surface area contributed by atoms with Crippen LogP contribution in [0.1, 0.15) is 19.7 Å². The molecule has 2 heterocycles. The number of ether oxygens (including phenoxy) is 2. The van der Waals surface area contributed by atoms with E-state index in [4.69, 9.17) is 9.47 Å². The second-order valence-electron chi connectivity index (χ2n) is 6.59. The van der Waals surface area contributed by atoms with Crippen LogP contribution in [-0.4, -0.2) is 23.2 Å². The number of nitrogens with one attached hydrogen (secondary N) is 2. The van der Waals surface area contributed by atoms with Crippen LogP contribution in [0, 0.1) is 0 Å². The van der Waals surface area contributed by atoms with Crippen molar-refractivity contribution in [1.29, 1.82) is 0 Å². The number of rotatable bonds is 8. The quantitative estimate of drug-likeness (QED) is 0.416. The van der Waals surface area contributed by atoms with E-state index in [1.54, 1.807) is 0 Å². The Morgan fingerprint density at radius 1 is 1.00 bits per heavy atom. The molecule has 0 saturated carbocycles. The van der Waals surface area contributed by atoms with E-state index in [9.17, 15) is 4.79 Å². The maximum absolute atomic E-state index is 12.6. The molecule has 154 valence electrons. The topological polar surface area (TPSA) is 76.2 Å². The molecule has 0 aliphatic rings. The van der Waals surface area contributed by atoms with E-state index in [0.29, 0.717) is 42.5 Å². The summed E-state index contributed by atoms with van der Waals surface area (Å²) in [6, 6.07) is 17.6. The summed E-state index contributed by atoms with van der Waals surface area (Å²) in [7, 11) is 0. The summed E-state index contributed by atoms with van der Waals surface area (Å²) in [4.78, 5) is 21.8. The zero-order valence-electron chi connectivity index (χ0n) is 16.9. The van der Waals surface area contributed by atoms with Crippen molar-refractivity contribution in [3.05, 3.63) is 70.8 Å². The molecule has 0 fully saturated rings. The molecule has 2 aromatic carbocycles. The number of hydrogen-bond acceptors (Lipinski definition) is 6. The van der Waals surface area contributed by atoms with Gasteiger partial charge in [0.15, 0.2) is 11.5 Å². The van der Waals surface area contributed by atoms with Crippen molar-refractivity contribution in [2.75, 3.05) is 18.5 Å². The van der Waals surface area contributed by atoms with Gasteiger partial charge in [-0.25, -0.2) is 4.98 Å². The Balaban J connectivity index is 1.56. The average molecular weight is 422 g/mol. The maximum Gasteiger partial charge on any atom is 0.259 e. The molecule has 0 unspecified atom stereocenters. The smallest absolute Gasteiger partial charge is 0.259 e. The molecule has 0 radical (unpaired) electrons. The molecule has 0 amide bonds. The number of thiophene rings is 1. The summed E-state index contributed by atoms with van der Waals surface area (Å²) in [5.41, 5.74) is 1.81. The molecule has 2 N–H and O–H groups in total. The number of aromatic nitrogens is 2. The molecule has 0 aliphatic heterocycles. The second kappa shape index (κ2) is 9.00. The van der Waals surface area contributed by atoms with Gasteiger partial charge in [-0.2, -0.15) is 0 Å². The predicted octanol–water partition coefficient (Wildman–Crippen LogP) is 5.06. The Labute approximate surface area is 178 Å². The molecule has 4 aromatic rings. The van der Waals surface area contributed by atoms with Crippen molar-refractivity contribution in [2.24, 2.45) is 0 Å². The zero-order chi connectivity index (χ0) is 20.9. The monoisotopic (exact) mass is 421 g/mol. The van der Waals surface area contributed by atoms with Crippen LogP contribution in [0.4, 0.5) is 5.69 Å². The number of hydrogen-bond donors (Lipinski definition) is 2. The lowest BCUT2D eigenvalue weighted by atomic mass is 10.2. The minimum Gasteiger partial charge on any atom is -0.490 e. The van der Waals surface area contributed by atoms with Crippen molar-refractivity contribution in [1.82, 2.24) is 9.97 Å². The molecule has 0 bridgehead atoms. The Kier molecular flexibility index (Phi) is 5.99. The highest BCUT2D eigenvalue weighted by atomic mass is 32.1. The first kappa shape index (κ1) is 20.0. The largest absolute Gasteiger partial charge is 0.490 e. The first-order chi connectivity index (χ1) is 14.7. The van der Waals surface area contributed by atoms with E-state index in [0.717, 1.165) is 21.0 Å². The summed E-state index contributed by atoms with van der Waals surface area (Å²) >= 11 is 1.52. The predicted molar refractivity (Wildman–Crippen MR) is 122 cm³/mol. The molecule has 6 nitrogen and oxygen atoms in total. The highest BCUT2D eigenvalue weighted by Crippen LogP contribution is 2.32. The van der Waals surface area contributed by atoms with Crippen LogP contribution in [0.2, 0.25) is 0 Å². The van der Waals surface area contributed by atoms with Gasteiger partial charge in [-0.05, 0) is 37.6 Å². The van der Waals surface area contributed by atoms with E-state index in [2.05, 4.69) is 15.3 Å². The first-order valence-corrected chi connectivity index (χ1v) is 10.7. The Morgan fingerprint density at radius 2 is 1.77 bits per heavy atom. The molecule has 0 saturated heterocycles. The number of H-pyrrole nitrogens is 1. The van der Waals surface area contributed by atoms with Gasteiger partial charge in [0.25, 0.3) is 5.56 Å². The number of aromatic amines is 1. The lowest BCUT2D eigenvalue weighted by Crippen LogP contribution is -2.13. The van der Waals surface area contributed by atoms with Crippen LogP contribution in [0.15, 0.2) is 59.4 Å². The van der Waals surface area contributed by atoms with Gasteiger partial charge in [-0.3, -0.25) is 4.79 Å². The normalized spacial score (nSPS) is 10.9. The Morgan fingerprint density at radius 3 is 2.53 bits per heavy atom. The third kappa shape index (κ3) is 4.31. The molecular formula is C23H23N3O3S. The summed E-state index contributed by atoms with van der Waals surface area (Å²) in [6.07, 6.45) is 0. The van der Waals surface area contributed by atoms with Gasteiger partial charge in [0.1, 0.15) is 10.7 Å². The van der Waals surface area contributed by atoms with E-state index < -0.39 is 0 Å². The molecule has 30 heavy (non-hydrogen) atoms. The first-order valence-electron chi connectivity index (χ1n) is 9.89. The minimum absolute atomic E-state index is 0.128. The van der Waals surface area contributed by atoms with E-state index in [1.165, 1.54) is 11.3 Å². The third-order valence-corrected chi connectivity index (χ3v) is 5.59. The molecule has 4 rings (SSSR count). The molecule has 7 heteroatoms. The molecule has 2 aromatic heterocycles. The van der Waals surface area contributed by atoms with Gasteiger partial charge in [0.05, 0.1) is 25.1 Å². The second-order valence-corrected chi connectivity index (χ2v) is 7.62. The standard InChI is InChI=1S/C23H23N3O3S/c1-3-28-18-11-10-16(12-19(18)29-4-2)24-14-21-25-22(27)17-13-20(30-23(17)26-21)15-8-6-5-7-9-15/h5-13,24H,3-4,14H2,1-2H3,(H,25,26,27). The van der Waals surface area contributed by atoms with E-state index >= 15 is 0 Å². The summed E-state index contributed by atoms with van der Waals surface area (Å²) in [6.45, 7) is 5.39. The summed E-state index contributed by atoms with van der Waals surface area (Å²) in [5.74, 6) is 1.98. The lowest BCUT2D eigenvalue weighted by Gasteiger charge is -2.13. The van der Waals surface area contributed by atoms with Gasteiger partial charge in [0.2, 0.25) is 0 Å². The number of nitrogens with zero attached hydrogens (tertiary/aromatic N) is 1. The van der Waals surface area contributed by atoms with Crippen molar-refractivity contribution in [2.45, 2.75) is 20.4 Å². The van der Waals surface area contributed by atoms with Gasteiger partial charge < -0.3 is 19.8 Å². The highest BCUT2D eigenvalue weighted by molar-refractivity contribution is 7.21. The third-order valence-electron chi connectivity index (χ3n) is 4.51.